The average molecular weight is 360 g/mol. The molecule has 2 rings (SSSR count). The van der Waals surface area contributed by atoms with E-state index in [0.717, 1.165) is 24.8 Å². The maximum Gasteiger partial charge on any atom is 0.407 e. The predicted octanol–water partition coefficient (Wildman–Crippen LogP) is 2.61. The fraction of sp³-hybridized carbons (Fsp3) is 0.556. The number of allylic oxidation sites excluding steroid dienone is 1. The number of hydrogen-bond acceptors (Lipinski definition) is 6. The number of carbonyl (C=O) groups excluding carboxylic acids is 1. The quantitative estimate of drug-likeness (QED) is 0.329. The summed E-state index contributed by atoms with van der Waals surface area (Å²) in [5, 5.41) is 2.82. The summed E-state index contributed by atoms with van der Waals surface area (Å²) < 4.78 is 5.53. The molecule has 142 valence electrons. The number of nitrogens with two attached hydrogens (primary N) is 1. The van der Waals surface area contributed by atoms with Crippen molar-refractivity contribution < 1.29 is 9.53 Å². The van der Waals surface area contributed by atoms with Crippen molar-refractivity contribution in [1.29, 1.82) is 0 Å². The van der Waals surface area contributed by atoms with E-state index in [4.69, 9.17) is 10.6 Å². The van der Waals surface area contributed by atoms with Gasteiger partial charge >= 0.3 is 6.09 Å². The van der Waals surface area contributed by atoms with Gasteiger partial charge in [0.05, 0.1) is 0 Å². The van der Waals surface area contributed by atoms with Crippen molar-refractivity contribution >= 4 is 17.9 Å². The number of amidine groups is 1. The Kier molecular flexibility index (Phi) is 6.68. The van der Waals surface area contributed by atoms with Gasteiger partial charge < -0.3 is 15.5 Å². The van der Waals surface area contributed by atoms with Crippen LogP contribution in [0.2, 0.25) is 0 Å². The third kappa shape index (κ3) is 6.44. The molecule has 4 N–H and O–H groups in total. The number of ether oxygens (including phenoxy) is 1. The van der Waals surface area contributed by atoms with E-state index in [0.29, 0.717) is 17.7 Å². The molecule has 26 heavy (non-hydrogen) atoms. The van der Waals surface area contributed by atoms with Crippen LogP contribution in [0.25, 0.3) is 0 Å². The molecule has 1 fully saturated rings. The van der Waals surface area contributed by atoms with E-state index < -0.39 is 0 Å². The Morgan fingerprint density at radius 1 is 1.35 bits per heavy atom. The molecule has 2 atom stereocenters. The molecule has 8 nitrogen and oxygen atoms in total. The van der Waals surface area contributed by atoms with Gasteiger partial charge in [-0.1, -0.05) is 5.57 Å². The number of aliphatic imine (C=N–C) groups is 1. The monoisotopic (exact) mass is 360 g/mol. The van der Waals surface area contributed by atoms with E-state index in [1.807, 2.05) is 33.8 Å². The maximum atomic E-state index is 11.9. The van der Waals surface area contributed by atoms with Gasteiger partial charge in [-0.05, 0) is 65.0 Å². The van der Waals surface area contributed by atoms with Crippen LogP contribution in [-0.4, -0.2) is 33.5 Å². The highest BCUT2D eigenvalue weighted by molar-refractivity contribution is 5.94. The normalized spacial score (nSPS) is 21.4. The standard InChI is InChI=1S/C18H28N6O2/c1-12(10-15(24-19)22-16-20-8-5-9-21-16)13-6-7-14(11-13)26-17(25)23-18(2,3)4/h5,8-10,13-14H,6-7,11,19H2,1-4H3,(H,23,25)(H,20,21,22,24)/b12-10+/t13-,14+/m0/s1. The van der Waals surface area contributed by atoms with E-state index in [1.165, 1.54) is 0 Å². The zero-order valence-electron chi connectivity index (χ0n) is 15.8. The lowest BCUT2D eigenvalue weighted by Crippen LogP contribution is -2.42. The fourth-order valence-corrected chi connectivity index (χ4v) is 2.84. The van der Waals surface area contributed by atoms with Gasteiger partial charge in [0.2, 0.25) is 0 Å². The van der Waals surface area contributed by atoms with Crippen molar-refractivity contribution in [1.82, 2.24) is 20.7 Å². The Bertz CT molecular complexity index is 666. The van der Waals surface area contributed by atoms with Gasteiger partial charge in [-0.25, -0.2) is 20.6 Å². The van der Waals surface area contributed by atoms with Crippen molar-refractivity contribution in [2.24, 2.45) is 16.8 Å². The molecular weight excluding hydrogens is 332 g/mol. The highest BCUT2D eigenvalue weighted by Gasteiger charge is 2.29. The number of hydrogen-bond donors (Lipinski definition) is 3. The number of aromatic nitrogens is 2. The Morgan fingerprint density at radius 2 is 2.04 bits per heavy atom. The van der Waals surface area contributed by atoms with Crippen LogP contribution in [-0.2, 0) is 4.74 Å². The largest absolute Gasteiger partial charge is 0.446 e. The van der Waals surface area contributed by atoms with Crippen molar-refractivity contribution in [3.05, 3.63) is 30.1 Å². The first kappa shape index (κ1) is 19.8. The summed E-state index contributed by atoms with van der Waals surface area (Å²) in [6, 6.07) is 1.73. The summed E-state index contributed by atoms with van der Waals surface area (Å²) in [4.78, 5) is 24.3. The van der Waals surface area contributed by atoms with Crippen molar-refractivity contribution in [2.45, 2.75) is 58.6 Å². The molecule has 1 aromatic heterocycles. The molecule has 0 aliphatic heterocycles. The second-order valence-electron chi connectivity index (χ2n) is 7.49. The number of rotatable bonds is 4. The lowest BCUT2D eigenvalue weighted by molar-refractivity contribution is 0.0930. The molecule has 1 saturated carbocycles. The van der Waals surface area contributed by atoms with E-state index >= 15 is 0 Å². The van der Waals surface area contributed by atoms with Gasteiger partial charge in [-0.15, -0.1) is 0 Å². The zero-order chi connectivity index (χ0) is 19.2. The van der Waals surface area contributed by atoms with Crippen LogP contribution in [0, 0.1) is 5.92 Å². The van der Waals surface area contributed by atoms with Gasteiger partial charge in [0, 0.05) is 17.9 Å². The van der Waals surface area contributed by atoms with Crippen LogP contribution in [0.1, 0.15) is 47.0 Å². The van der Waals surface area contributed by atoms with Crippen LogP contribution >= 0.6 is 0 Å². The van der Waals surface area contributed by atoms with E-state index in [9.17, 15) is 4.79 Å². The number of carbonyl (C=O) groups is 1. The molecule has 0 radical (unpaired) electrons. The molecule has 1 amide bonds. The van der Waals surface area contributed by atoms with Gasteiger partial charge in [-0.3, -0.25) is 0 Å². The SMILES string of the molecule is C/C(=C\C(=N/c1ncccn1)NN)[C@H]1CC[C@@H](OC(=O)NC(C)(C)C)C1. The summed E-state index contributed by atoms with van der Waals surface area (Å²) in [6.45, 7) is 7.81. The smallest absolute Gasteiger partial charge is 0.407 e. The van der Waals surface area contributed by atoms with Crippen LogP contribution in [0.15, 0.2) is 35.1 Å². The number of nitrogens with one attached hydrogen (secondary N) is 2. The van der Waals surface area contributed by atoms with Crippen LogP contribution in [0.3, 0.4) is 0 Å². The molecule has 0 bridgehead atoms. The first-order valence-electron chi connectivity index (χ1n) is 8.76. The molecule has 1 aliphatic carbocycles. The van der Waals surface area contributed by atoms with E-state index in [1.54, 1.807) is 18.5 Å². The maximum absolute atomic E-state index is 11.9. The lowest BCUT2D eigenvalue weighted by atomic mass is 9.98. The summed E-state index contributed by atoms with van der Waals surface area (Å²) in [6.07, 6.45) is 7.29. The van der Waals surface area contributed by atoms with E-state index in [2.05, 4.69) is 25.7 Å². The summed E-state index contributed by atoms with van der Waals surface area (Å²) >= 11 is 0. The second kappa shape index (κ2) is 8.75. The highest BCUT2D eigenvalue weighted by atomic mass is 16.6. The third-order valence-electron chi connectivity index (χ3n) is 4.06. The van der Waals surface area contributed by atoms with Crippen LogP contribution in [0.5, 0.6) is 0 Å². The minimum absolute atomic E-state index is 0.0746. The fourth-order valence-electron chi connectivity index (χ4n) is 2.84. The van der Waals surface area contributed by atoms with E-state index in [-0.39, 0.29) is 17.7 Å². The second-order valence-corrected chi connectivity index (χ2v) is 7.49. The molecular formula is C18H28N6O2. The molecule has 1 aromatic rings. The molecule has 1 heterocycles. The average Bonchev–Trinajstić information content (AvgIpc) is 3.01. The molecule has 0 spiro atoms. The van der Waals surface area contributed by atoms with Gasteiger partial charge in [-0.2, -0.15) is 4.99 Å². The van der Waals surface area contributed by atoms with Gasteiger partial charge in [0.1, 0.15) is 11.9 Å². The lowest BCUT2D eigenvalue weighted by Gasteiger charge is -2.22. The molecule has 0 unspecified atom stereocenters. The van der Waals surface area contributed by atoms with Crippen molar-refractivity contribution in [3.63, 3.8) is 0 Å². The summed E-state index contributed by atoms with van der Waals surface area (Å²) in [7, 11) is 0. The minimum atomic E-state index is -0.364. The van der Waals surface area contributed by atoms with Crippen molar-refractivity contribution in [3.8, 4) is 0 Å². The topological polar surface area (TPSA) is 115 Å². The number of nitrogens with zero attached hydrogens (tertiary/aromatic N) is 3. The van der Waals surface area contributed by atoms with Crippen LogP contribution in [0.4, 0.5) is 10.7 Å². The number of alkyl carbamates (subject to hydrolysis) is 1. The Labute approximate surface area is 154 Å². The molecule has 8 heteroatoms. The Morgan fingerprint density at radius 3 is 2.65 bits per heavy atom. The molecule has 1 aliphatic rings. The molecule has 0 saturated heterocycles. The highest BCUT2D eigenvalue weighted by Crippen LogP contribution is 2.33. The predicted molar refractivity (Wildman–Crippen MR) is 101 cm³/mol. The number of amides is 1. The summed E-state index contributed by atoms with van der Waals surface area (Å²) in [5.41, 5.74) is 3.39. The van der Waals surface area contributed by atoms with Gasteiger partial charge in [0.15, 0.2) is 0 Å². The first-order chi connectivity index (χ1) is 12.3. The zero-order valence-corrected chi connectivity index (χ0v) is 15.8. The van der Waals surface area contributed by atoms with Crippen LogP contribution < -0.4 is 16.6 Å². The third-order valence-corrected chi connectivity index (χ3v) is 4.06. The van der Waals surface area contributed by atoms with Gasteiger partial charge in [0.25, 0.3) is 5.95 Å². The minimum Gasteiger partial charge on any atom is -0.446 e. The first-order valence-corrected chi connectivity index (χ1v) is 8.76. The van der Waals surface area contributed by atoms with Crippen molar-refractivity contribution in [2.75, 3.05) is 0 Å². The number of hydrazine groups is 1. The summed E-state index contributed by atoms with van der Waals surface area (Å²) in [5.74, 6) is 6.71. The Balaban J connectivity index is 1.95. The molecule has 0 aromatic carbocycles. The Hall–Kier alpha value is -2.48.